The Kier molecular flexibility index (Phi) is 13.3. The third-order valence-corrected chi connectivity index (χ3v) is 10.6. The second-order valence-electron chi connectivity index (χ2n) is 14.2. The quantitative estimate of drug-likeness (QED) is 0.0723. The van der Waals surface area contributed by atoms with Crippen LogP contribution in [-0.4, -0.2) is 78.8 Å². The molecule has 0 aliphatic rings. The molecule has 2 amide bonds. The first kappa shape index (κ1) is 45.7. The van der Waals surface area contributed by atoms with Crippen LogP contribution < -0.4 is 25.4 Å². The number of carbonyl (C=O) groups excluding carboxylic acids is 2. The number of carboxylic acid groups (broad SMARTS) is 2. The van der Waals surface area contributed by atoms with Crippen molar-refractivity contribution >= 4 is 63.4 Å². The number of ether oxygens (including phenoxy) is 2. The minimum atomic E-state index is -1.16. The molecule has 5 N–H and O–H groups in total. The topological polar surface area (TPSA) is 215 Å². The maximum atomic E-state index is 13.5. The lowest BCUT2D eigenvalue weighted by molar-refractivity contribution is 0.0682. The zero-order valence-corrected chi connectivity index (χ0v) is 36.4. The number of methoxy groups -OCH3 is 2. The van der Waals surface area contributed by atoms with Gasteiger partial charge >= 0.3 is 11.9 Å². The Morgan fingerprint density at radius 3 is 1.44 bits per heavy atom. The highest BCUT2D eigenvalue weighted by Gasteiger charge is 2.27. The molecule has 15 nitrogen and oxygen atoms in total. The summed E-state index contributed by atoms with van der Waals surface area (Å²) in [6.45, 7) is 2.44. The van der Waals surface area contributed by atoms with Crippen LogP contribution in [0.25, 0.3) is 67.1 Å². The molecule has 0 saturated carbocycles. The number of hydrogen-bond acceptors (Lipinski definition) is 11. The molecule has 0 spiro atoms. The van der Waals surface area contributed by atoms with Crippen LogP contribution in [0.1, 0.15) is 48.4 Å². The van der Waals surface area contributed by atoms with E-state index in [9.17, 15) is 38.2 Å². The molecule has 0 radical (unpaired) electrons. The van der Waals surface area contributed by atoms with Gasteiger partial charge in [-0.3, -0.25) is 9.59 Å². The third kappa shape index (κ3) is 8.91. The van der Waals surface area contributed by atoms with Crippen LogP contribution >= 0.6 is 11.6 Å². The Morgan fingerprint density at radius 1 is 0.621 bits per heavy atom. The van der Waals surface area contributed by atoms with Crippen LogP contribution in [0.5, 0.6) is 11.5 Å². The van der Waals surface area contributed by atoms with Crippen molar-refractivity contribution in [3.05, 3.63) is 136 Å². The average molecular weight is 918 g/mol. The SMILES string of the molecule is CCNc1nc2oc(-c3ccc(F)cc3)c(C(=O)NC)c2cc1-c1ccc(OC)c(C(=O)O)c1.CNC(=O)c1c(-c2ccc(F)cc2)oc2nc(Cl)c(-c3ccc(OC)c(C(=O)O)c3)cc12. The smallest absolute Gasteiger partial charge is 0.339 e. The molecular formula is C48H38ClF2N5O10. The molecule has 4 heterocycles. The molecule has 0 saturated heterocycles. The van der Waals surface area contributed by atoms with Gasteiger partial charge in [0.1, 0.15) is 56.8 Å². The lowest BCUT2D eigenvalue weighted by Gasteiger charge is -2.12. The van der Waals surface area contributed by atoms with Gasteiger partial charge in [0.2, 0.25) is 11.4 Å². The van der Waals surface area contributed by atoms with E-state index in [0.717, 1.165) is 0 Å². The van der Waals surface area contributed by atoms with Crippen LogP contribution in [0, 0.1) is 11.6 Å². The Labute approximate surface area is 379 Å². The normalized spacial score (nSPS) is 10.8. The van der Waals surface area contributed by atoms with Crippen molar-refractivity contribution in [2.45, 2.75) is 6.92 Å². The summed E-state index contributed by atoms with van der Waals surface area (Å²) in [5, 5.41) is 28.3. The summed E-state index contributed by atoms with van der Waals surface area (Å²) in [6.07, 6.45) is 0. The lowest BCUT2D eigenvalue weighted by Crippen LogP contribution is -2.18. The largest absolute Gasteiger partial charge is 0.496 e. The maximum Gasteiger partial charge on any atom is 0.339 e. The van der Waals surface area contributed by atoms with Gasteiger partial charge in [0.25, 0.3) is 11.8 Å². The first-order chi connectivity index (χ1) is 31.7. The molecule has 0 fully saturated rings. The van der Waals surface area contributed by atoms with E-state index in [1.165, 1.54) is 95.0 Å². The highest BCUT2D eigenvalue weighted by Crippen LogP contribution is 2.41. The van der Waals surface area contributed by atoms with Gasteiger partial charge in [-0.25, -0.2) is 23.4 Å². The number of benzene rings is 4. The van der Waals surface area contributed by atoms with E-state index in [-0.39, 0.29) is 61.9 Å². The fourth-order valence-electron chi connectivity index (χ4n) is 7.15. The Hall–Kier alpha value is -8.31. The number of pyridine rings is 2. The van der Waals surface area contributed by atoms with E-state index in [1.54, 1.807) is 30.3 Å². The molecule has 66 heavy (non-hydrogen) atoms. The number of rotatable bonds is 12. The summed E-state index contributed by atoms with van der Waals surface area (Å²) in [5.74, 6) is -2.63. The zero-order valence-electron chi connectivity index (χ0n) is 35.6. The molecule has 8 rings (SSSR count). The second-order valence-corrected chi connectivity index (χ2v) is 14.5. The Bertz CT molecular complexity index is 3190. The van der Waals surface area contributed by atoms with Gasteiger partial charge in [0.05, 0.1) is 36.1 Å². The molecule has 0 aliphatic heterocycles. The zero-order chi connectivity index (χ0) is 47.4. The first-order valence-corrected chi connectivity index (χ1v) is 20.2. The van der Waals surface area contributed by atoms with Crippen molar-refractivity contribution in [1.82, 2.24) is 20.6 Å². The Balaban J connectivity index is 0.000000197. The number of carbonyl (C=O) groups is 4. The van der Waals surface area contributed by atoms with E-state index in [0.29, 0.717) is 56.5 Å². The number of halogens is 3. The first-order valence-electron chi connectivity index (χ1n) is 19.9. The number of anilines is 1. The monoisotopic (exact) mass is 917 g/mol. The van der Waals surface area contributed by atoms with E-state index >= 15 is 0 Å². The summed E-state index contributed by atoms with van der Waals surface area (Å²) in [6, 6.07) is 23.8. The summed E-state index contributed by atoms with van der Waals surface area (Å²) in [7, 11) is 5.75. The average Bonchev–Trinajstić information content (AvgIpc) is 3.88. The number of furan rings is 2. The minimum Gasteiger partial charge on any atom is -0.496 e. The number of fused-ring (bicyclic) bond motifs is 2. The maximum absolute atomic E-state index is 13.5. The van der Waals surface area contributed by atoms with Crippen molar-refractivity contribution in [3.8, 4) is 56.4 Å². The van der Waals surface area contributed by atoms with E-state index in [4.69, 9.17) is 29.9 Å². The fraction of sp³-hybridized carbons (Fsp3) is 0.125. The van der Waals surface area contributed by atoms with Crippen LogP contribution in [0.15, 0.2) is 106 Å². The number of nitrogens with zero attached hydrogens (tertiary/aromatic N) is 2. The number of aromatic nitrogens is 2. The predicted molar refractivity (Wildman–Crippen MR) is 243 cm³/mol. The molecule has 4 aromatic heterocycles. The molecule has 336 valence electrons. The van der Waals surface area contributed by atoms with Crippen LogP contribution in [0.4, 0.5) is 14.6 Å². The highest BCUT2D eigenvalue weighted by atomic mass is 35.5. The fourth-order valence-corrected chi connectivity index (χ4v) is 7.39. The van der Waals surface area contributed by atoms with E-state index < -0.39 is 35.4 Å². The molecule has 0 aliphatic carbocycles. The van der Waals surface area contributed by atoms with Crippen LogP contribution in [-0.2, 0) is 0 Å². The summed E-state index contributed by atoms with van der Waals surface area (Å²) < 4.78 is 48.9. The van der Waals surface area contributed by atoms with Gasteiger partial charge in [0, 0.05) is 42.9 Å². The van der Waals surface area contributed by atoms with Crippen molar-refractivity contribution in [3.63, 3.8) is 0 Å². The number of hydrogen-bond donors (Lipinski definition) is 5. The minimum absolute atomic E-state index is 0.00624. The molecular weight excluding hydrogens is 880 g/mol. The molecule has 0 bridgehead atoms. The summed E-state index contributed by atoms with van der Waals surface area (Å²) >= 11 is 6.39. The standard InChI is InChI=1S/C25H22FN3O5.C23H16ClFN2O5/c1-4-28-22-16(14-7-10-19(33-3)17(11-14)25(31)32)12-18-20(23(30)27-2)21(34-24(18)29-22)13-5-8-15(26)9-6-13;1-26-21(28)18-16-10-14(12-5-8-17(31-2)15(9-12)23(29)30)20(24)27-22(16)32-19(18)11-3-6-13(25)7-4-11/h5-12H,4H2,1-3H3,(H,27,30)(H,28,29)(H,31,32);3-10H,1-2H3,(H,26,28)(H,29,30). The van der Waals surface area contributed by atoms with Crippen molar-refractivity contribution in [1.29, 1.82) is 0 Å². The van der Waals surface area contributed by atoms with Crippen molar-refractivity contribution in [2.24, 2.45) is 0 Å². The van der Waals surface area contributed by atoms with Crippen molar-refractivity contribution in [2.75, 3.05) is 40.2 Å². The van der Waals surface area contributed by atoms with Gasteiger partial charge in [-0.15, -0.1) is 0 Å². The Morgan fingerprint density at radius 2 is 1.03 bits per heavy atom. The van der Waals surface area contributed by atoms with Gasteiger partial charge in [-0.2, -0.15) is 4.98 Å². The molecule has 0 atom stereocenters. The van der Waals surface area contributed by atoms with Crippen LogP contribution in [0.2, 0.25) is 5.15 Å². The van der Waals surface area contributed by atoms with Crippen LogP contribution in [0.3, 0.4) is 0 Å². The number of nitrogens with one attached hydrogen (secondary N) is 3. The second kappa shape index (κ2) is 19.2. The van der Waals surface area contributed by atoms with E-state index in [2.05, 4.69) is 25.9 Å². The third-order valence-electron chi connectivity index (χ3n) is 10.3. The van der Waals surface area contributed by atoms with Gasteiger partial charge in [-0.1, -0.05) is 23.7 Å². The highest BCUT2D eigenvalue weighted by molar-refractivity contribution is 6.33. The lowest BCUT2D eigenvalue weighted by atomic mass is 9.99. The number of amides is 2. The van der Waals surface area contributed by atoms with Gasteiger partial charge in [0.15, 0.2) is 0 Å². The molecule has 0 unspecified atom stereocenters. The molecule has 18 heteroatoms. The summed E-state index contributed by atoms with van der Waals surface area (Å²) in [4.78, 5) is 57.8. The van der Waals surface area contributed by atoms with Gasteiger partial charge in [-0.05, 0) is 103 Å². The number of carboxylic acids is 2. The molecule has 8 aromatic rings. The van der Waals surface area contributed by atoms with Crippen molar-refractivity contribution < 1.29 is 56.5 Å². The van der Waals surface area contributed by atoms with E-state index in [1.807, 2.05) is 6.92 Å². The molecule has 4 aromatic carbocycles. The van der Waals surface area contributed by atoms with Gasteiger partial charge < -0.3 is 44.5 Å². The predicted octanol–water partition coefficient (Wildman–Crippen LogP) is 9.82. The number of aromatic carboxylic acids is 2. The summed E-state index contributed by atoms with van der Waals surface area (Å²) in [5.41, 5.74) is 3.73.